The van der Waals surface area contributed by atoms with Gasteiger partial charge in [-0.2, -0.15) is 4.98 Å². The van der Waals surface area contributed by atoms with Crippen LogP contribution < -0.4 is 10.2 Å². The number of nitrogens with zero attached hydrogens (tertiary/aromatic N) is 3. The number of fused-ring (bicyclic) bond motifs is 2. The molecule has 31 heavy (non-hydrogen) atoms. The van der Waals surface area contributed by atoms with Crippen LogP contribution in [0, 0.1) is 0 Å². The molecule has 3 aromatic rings. The van der Waals surface area contributed by atoms with Crippen LogP contribution in [-0.2, 0) is 11.2 Å². The molecule has 0 amide bonds. The molecule has 0 unspecified atom stereocenters. The van der Waals surface area contributed by atoms with E-state index >= 15 is 0 Å². The van der Waals surface area contributed by atoms with Crippen LogP contribution in [0.5, 0.6) is 0 Å². The molecule has 3 aliphatic heterocycles. The molecule has 2 fully saturated rings. The number of ether oxygens (including phenoxy) is 1. The average molecular weight is 436 g/mol. The second-order valence-corrected chi connectivity index (χ2v) is 9.93. The molecule has 6 nitrogen and oxygen atoms in total. The third-order valence-electron chi connectivity index (χ3n) is 6.91. The average Bonchev–Trinajstić information content (AvgIpc) is 3.47. The van der Waals surface area contributed by atoms with E-state index < -0.39 is 0 Å². The van der Waals surface area contributed by atoms with Crippen molar-refractivity contribution in [2.24, 2.45) is 0 Å². The van der Waals surface area contributed by atoms with Gasteiger partial charge in [-0.1, -0.05) is 18.2 Å². The number of thioether (sulfide) groups is 1. The summed E-state index contributed by atoms with van der Waals surface area (Å²) in [4.78, 5) is 17.1. The van der Waals surface area contributed by atoms with E-state index in [0.29, 0.717) is 12.0 Å². The van der Waals surface area contributed by atoms with E-state index in [0.717, 1.165) is 75.9 Å². The number of hydrogen-bond acceptors (Lipinski definition) is 6. The van der Waals surface area contributed by atoms with E-state index in [1.165, 1.54) is 27.1 Å². The number of hydrogen-bond donors (Lipinski definition) is 2. The predicted octanol–water partition coefficient (Wildman–Crippen LogP) is 4.58. The molecule has 0 saturated carbocycles. The van der Waals surface area contributed by atoms with E-state index in [2.05, 4.69) is 45.7 Å². The number of rotatable bonds is 4. The van der Waals surface area contributed by atoms with Gasteiger partial charge in [-0.25, -0.2) is 4.98 Å². The number of piperidine rings is 1. The molecule has 0 radical (unpaired) electrons. The van der Waals surface area contributed by atoms with Crippen molar-refractivity contribution in [3.8, 4) is 0 Å². The Morgan fingerprint density at radius 1 is 1.06 bits per heavy atom. The summed E-state index contributed by atoms with van der Waals surface area (Å²) in [7, 11) is 0. The molecule has 7 heteroatoms. The minimum atomic E-state index is 0.453. The second kappa shape index (κ2) is 8.36. The van der Waals surface area contributed by atoms with Gasteiger partial charge in [-0.3, -0.25) is 0 Å². The highest BCUT2D eigenvalue weighted by molar-refractivity contribution is 7.99. The first kappa shape index (κ1) is 19.4. The molecule has 0 bridgehead atoms. The van der Waals surface area contributed by atoms with Crippen molar-refractivity contribution in [3.05, 3.63) is 41.7 Å². The molecule has 162 valence electrons. The molecule has 1 aromatic carbocycles. The lowest BCUT2D eigenvalue weighted by Gasteiger charge is -2.33. The molecule has 2 aromatic heterocycles. The van der Waals surface area contributed by atoms with Crippen molar-refractivity contribution in [1.29, 1.82) is 0 Å². The summed E-state index contributed by atoms with van der Waals surface area (Å²) in [6.07, 6.45) is 7.64. The molecular formula is C24H29N5OS. The van der Waals surface area contributed by atoms with Crippen molar-refractivity contribution in [1.82, 2.24) is 15.0 Å². The first-order valence-electron chi connectivity index (χ1n) is 11.5. The standard InChI is InChI=1S/C24H29N5OS/c1-2-4-20-18(3-1)19(15-25-20)16-5-10-29(11-6-16)24-27-21-9-14-31-22(21)23(28-24)26-17-7-12-30-13-8-17/h1-4,15-17,25H,5-14H2,(H,26,27,28). The van der Waals surface area contributed by atoms with Gasteiger partial charge in [0.2, 0.25) is 5.95 Å². The maximum atomic E-state index is 5.53. The summed E-state index contributed by atoms with van der Waals surface area (Å²) in [5.41, 5.74) is 3.93. The summed E-state index contributed by atoms with van der Waals surface area (Å²) in [6.45, 7) is 3.69. The number of H-pyrrole nitrogens is 1. The van der Waals surface area contributed by atoms with Crippen LogP contribution in [0.4, 0.5) is 11.8 Å². The molecule has 2 saturated heterocycles. The fourth-order valence-corrected chi connectivity index (χ4v) is 6.21. The summed E-state index contributed by atoms with van der Waals surface area (Å²) >= 11 is 1.90. The van der Waals surface area contributed by atoms with Crippen LogP contribution in [0.2, 0.25) is 0 Å². The zero-order valence-electron chi connectivity index (χ0n) is 17.8. The normalized spacial score (nSPS) is 20.3. The third-order valence-corrected chi connectivity index (χ3v) is 8.04. The highest BCUT2D eigenvalue weighted by Crippen LogP contribution is 2.39. The second-order valence-electron chi connectivity index (χ2n) is 8.83. The Kier molecular flexibility index (Phi) is 5.24. The van der Waals surface area contributed by atoms with Crippen LogP contribution in [0.15, 0.2) is 35.4 Å². The summed E-state index contributed by atoms with van der Waals surface area (Å²) in [5.74, 6) is 3.66. The van der Waals surface area contributed by atoms with Gasteiger partial charge in [0.15, 0.2) is 0 Å². The monoisotopic (exact) mass is 435 g/mol. The fraction of sp³-hybridized carbons (Fsp3) is 0.500. The Morgan fingerprint density at radius 2 is 1.90 bits per heavy atom. The van der Waals surface area contributed by atoms with E-state index in [-0.39, 0.29) is 0 Å². The van der Waals surface area contributed by atoms with E-state index in [1.807, 2.05) is 11.8 Å². The smallest absolute Gasteiger partial charge is 0.227 e. The van der Waals surface area contributed by atoms with Gasteiger partial charge >= 0.3 is 0 Å². The summed E-state index contributed by atoms with van der Waals surface area (Å²) in [5, 5.41) is 5.10. The summed E-state index contributed by atoms with van der Waals surface area (Å²) in [6, 6.07) is 9.09. The topological polar surface area (TPSA) is 66.1 Å². The zero-order chi connectivity index (χ0) is 20.6. The summed E-state index contributed by atoms with van der Waals surface area (Å²) < 4.78 is 5.53. The molecule has 5 heterocycles. The van der Waals surface area contributed by atoms with Crippen LogP contribution in [0.3, 0.4) is 0 Å². The van der Waals surface area contributed by atoms with Crippen molar-refractivity contribution < 1.29 is 4.74 Å². The van der Waals surface area contributed by atoms with E-state index in [4.69, 9.17) is 14.7 Å². The van der Waals surface area contributed by atoms with Crippen molar-refractivity contribution in [2.75, 3.05) is 42.3 Å². The van der Waals surface area contributed by atoms with Gasteiger partial charge in [-0.05, 0) is 43.2 Å². The Hall–Kier alpha value is -2.25. The Labute approximate surface area is 187 Å². The minimum absolute atomic E-state index is 0.453. The largest absolute Gasteiger partial charge is 0.381 e. The number of aromatic amines is 1. The van der Waals surface area contributed by atoms with Gasteiger partial charge in [0.25, 0.3) is 0 Å². The van der Waals surface area contributed by atoms with Gasteiger partial charge in [0.1, 0.15) is 5.82 Å². The van der Waals surface area contributed by atoms with E-state index in [1.54, 1.807) is 0 Å². The van der Waals surface area contributed by atoms with Crippen molar-refractivity contribution in [3.63, 3.8) is 0 Å². The maximum Gasteiger partial charge on any atom is 0.227 e. The third kappa shape index (κ3) is 3.78. The lowest BCUT2D eigenvalue weighted by molar-refractivity contribution is 0.0903. The highest BCUT2D eigenvalue weighted by Gasteiger charge is 2.28. The molecule has 0 atom stereocenters. The molecule has 6 rings (SSSR count). The van der Waals surface area contributed by atoms with Gasteiger partial charge in [0.05, 0.1) is 10.6 Å². The quantitative estimate of drug-likeness (QED) is 0.625. The first-order valence-corrected chi connectivity index (χ1v) is 12.5. The first-order chi connectivity index (χ1) is 15.3. The zero-order valence-corrected chi connectivity index (χ0v) is 18.6. The Bertz CT molecular complexity index is 1070. The van der Waals surface area contributed by atoms with Crippen molar-refractivity contribution >= 4 is 34.4 Å². The lowest BCUT2D eigenvalue weighted by Crippen LogP contribution is -2.35. The molecular weight excluding hydrogens is 406 g/mol. The number of anilines is 2. The van der Waals surface area contributed by atoms with Gasteiger partial charge in [0, 0.05) is 61.6 Å². The van der Waals surface area contributed by atoms with Crippen molar-refractivity contribution in [2.45, 2.75) is 49.0 Å². The minimum Gasteiger partial charge on any atom is -0.381 e. The molecule has 0 spiro atoms. The van der Waals surface area contributed by atoms with Gasteiger partial charge < -0.3 is 19.9 Å². The van der Waals surface area contributed by atoms with Crippen LogP contribution >= 0.6 is 11.8 Å². The number of para-hydroxylation sites is 1. The van der Waals surface area contributed by atoms with Crippen LogP contribution in [0.25, 0.3) is 10.9 Å². The van der Waals surface area contributed by atoms with Crippen LogP contribution in [-0.4, -0.2) is 53.0 Å². The molecule has 0 aliphatic carbocycles. The maximum absolute atomic E-state index is 5.53. The number of nitrogens with one attached hydrogen (secondary N) is 2. The predicted molar refractivity (Wildman–Crippen MR) is 126 cm³/mol. The molecule has 3 aliphatic rings. The molecule has 2 N–H and O–H groups in total. The lowest BCUT2D eigenvalue weighted by atomic mass is 9.89. The number of aryl methyl sites for hydroxylation is 1. The Morgan fingerprint density at radius 3 is 2.77 bits per heavy atom. The number of benzene rings is 1. The fourth-order valence-electron chi connectivity index (χ4n) is 5.15. The van der Waals surface area contributed by atoms with E-state index in [9.17, 15) is 0 Å². The highest BCUT2D eigenvalue weighted by atomic mass is 32.2. The number of aromatic nitrogens is 3. The van der Waals surface area contributed by atoms with Gasteiger partial charge in [-0.15, -0.1) is 11.8 Å². The Balaban J connectivity index is 1.20. The van der Waals surface area contributed by atoms with Crippen LogP contribution in [0.1, 0.15) is 42.9 Å². The SMILES string of the molecule is c1ccc2c(C3CCN(c4nc5c(c(NC6CCOCC6)n4)SCC5)CC3)c[nH]c2c1.